The Hall–Kier alpha value is -1.62. The van der Waals surface area contributed by atoms with Gasteiger partial charge in [-0.1, -0.05) is 12.1 Å². The second-order valence-corrected chi connectivity index (χ2v) is 9.76. The molecule has 2 amide bonds. The van der Waals surface area contributed by atoms with Crippen molar-refractivity contribution >= 4 is 23.4 Å². The van der Waals surface area contributed by atoms with Crippen LogP contribution in [0.1, 0.15) is 44.1 Å². The van der Waals surface area contributed by atoms with E-state index >= 15 is 0 Å². The van der Waals surface area contributed by atoms with Crippen LogP contribution in [-0.2, 0) is 16.1 Å². The highest BCUT2D eigenvalue weighted by molar-refractivity contribution is 6.24. The van der Waals surface area contributed by atoms with Crippen molar-refractivity contribution in [2.45, 2.75) is 49.9 Å². The normalized spacial score (nSPS) is 33.7. The summed E-state index contributed by atoms with van der Waals surface area (Å²) in [6, 6.07) is 6.19. The van der Waals surface area contributed by atoms with E-state index in [2.05, 4.69) is 5.32 Å². The molecule has 0 aromatic heterocycles. The van der Waals surface area contributed by atoms with E-state index in [0.29, 0.717) is 18.4 Å². The number of alkyl halides is 1. The standard InChI is InChI=1S/C21H26ClFN2O2/c1-25(12-14-3-2-4-17(23)6-14)18(26)11-24-19(27)20-7-15-5-16(8-20)10-21(22,9-15)13-20/h2-4,6,15-16H,5,7-13H2,1H3,(H,24,27). The van der Waals surface area contributed by atoms with Crippen molar-refractivity contribution < 1.29 is 14.0 Å². The highest BCUT2D eigenvalue weighted by Gasteiger charge is 2.60. The van der Waals surface area contributed by atoms with Crippen molar-refractivity contribution in [1.29, 1.82) is 0 Å². The van der Waals surface area contributed by atoms with Gasteiger partial charge in [-0.3, -0.25) is 9.59 Å². The molecule has 1 aromatic carbocycles. The SMILES string of the molecule is CN(Cc1cccc(F)c1)C(=O)CNC(=O)C12CC3CC(CC(Cl)(C3)C1)C2. The largest absolute Gasteiger partial charge is 0.347 e. The number of halogens is 2. The molecule has 4 bridgehead atoms. The van der Waals surface area contributed by atoms with Gasteiger partial charge in [0, 0.05) is 18.5 Å². The quantitative estimate of drug-likeness (QED) is 0.780. The van der Waals surface area contributed by atoms with Crippen LogP contribution in [0, 0.1) is 23.1 Å². The number of hydrogen-bond acceptors (Lipinski definition) is 2. The number of rotatable bonds is 5. The van der Waals surface area contributed by atoms with Crippen molar-refractivity contribution in [3.63, 3.8) is 0 Å². The molecular formula is C21H26ClFN2O2. The molecule has 146 valence electrons. The molecule has 0 aliphatic heterocycles. The third-order valence-electron chi connectivity index (χ3n) is 6.61. The third kappa shape index (κ3) is 3.71. The molecule has 5 rings (SSSR count). The summed E-state index contributed by atoms with van der Waals surface area (Å²) in [5, 5.41) is 2.87. The molecule has 4 saturated carbocycles. The number of hydrogen-bond donors (Lipinski definition) is 1. The Morgan fingerprint density at radius 3 is 2.59 bits per heavy atom. The van der Waals surface area contributed by atoms with Crippen LogP contribution >= 0.6 is 11.6 Å². The van der Waals surface area contributed by atoms with E-state index in [1.54, 1.807) is 19.2 Å². The summed E-state index contributed by atoms with van der Waals surface area (Å²) in [6.07, 6.45) is 5.77. The minimum absolute atomic E-state index is 0.0193. The van der Waals surface area contributed by atoms with Crippen molar-refractivity contribution in [3.05, 3.63) is 35.6 Å². The van der Waals surface area contributed by atoms with Crippen molar-refractivity contribution in [2.75, 3.05) is 13.6 Å². The van der Waals surface area contributed by atoms with Crippen LogP contribution < -0.4 is 5.32 Å². The Balaban J connectivity index is 1.34. The van der Waals surface area contributed by atoms with Gasteiger partial charge >= 0.3 is 0 Å². The van der Waals surface area contributed by atoms with Gasteiger partial charge in [0.1, 0.15) is 5.82 Å². The molecule has 0 heterocycles. The Morgan fingerprint density at radius 2 is 1.96 bits per heavy atom. The van der Waals surface area contributed by atoms with E-state index in [1.807, 2.05) is 0 Å². The van der Waals surface area contributed by atoms with Crippen LogP contribution in [0.3, 0.4) is 0 Å². The minimum atomic E-state index is -0.396. The second kappa shape index (κ2) is 6.77. The first-order valence-electron chi connectivity index (χ1n) is 9.73. The average Bonchev–Trinajstić information content (AvgIpc) is 2.57. The molecule has 4 aliphatic carbocycles. The van der Waals surface area contributed by atoms with Gasteiger partial charge in [0.25, 0.3) is 0 Å². The lowest BCUT2D eigenvalue weighted by molar-refractivity contribution is -0.146. The molecule has 0 radical (unpaired) electrons. The van der Waals surface area contributed by atoms with E-state index in [-0.39, 0.29) is 29.1 Å². The van der Waals surface area contributed by atoms with Gasteiger partial charge in [0.15, 0.2) is 0 Å². The van der Waals surface area contributed by atoms with Gasteiger partial charge in [0.2, 0.25) is 11.8 Å². The molecule has 27 heavy (non-hydrogen) atoms. The van der Waals surface area contributed by atoms with Gasteiger partial charge in [0.05, 0.1) is 12.0 Å². The van der Waals surface area contributed by atoms with Gasteiger partial charge in [-0.15, -0.1) is 11.6 Å². The fourth-order valence-electron chi connectivity index (χ4n) is 5.89. The summed E-state index contributed by atoms with van der Waals surface area (Å²) in [5.74, 6) is 0.562. The summed E-state index contributed by atoms with van der Waals surface area (Å²) in [7, 11) is 1.66. The molecular weight excluding hydrogens is 367 g/mol. The number of carbonyl (C=O) groups is 2. The van der Waals surface area contributed by atoms with E-state index in [9.17, 15) is 14.0 Å². The first kappa shape index (κ1) is 18.7. The Morgan fingerprint density at radius 1 is 1.26 bits per heavy atom. The van der Waals surface area contributed by atoms with Gasteiger partial charge in [-0.05, 0) is 68.1 Å². The number of amides is 2. The van der Waals surface area contributed by atoms with Crippen LogP contribution in [0.2, 0.25) is 0 Å². The summed E-state index contributed by atoms with van der Waals surface area (Å²) in [5.41, 5.74) is 0.329. The first-order chi connectivity index (χ1) is 12.8. The fourth-order valence-corrected chi connectivity index (χ4v) is 6.58. The van der Waals surface area contributed by atoms with Crippen LogP contribution in [0.4, 0.5) is 4.39 Å². The van der Waals surface area contributed by atoms with Crippen molar-refractivity contribution in [2.24, 2.45) is 17.3 Å². The Kier molecular flexibility index (Phi) is 4.69. The zero-order valence-corrected chi connectivity index (χ0v) is 16.4. The second-order valence-electron chi connectivity index (χ2n) is 8.95. The lowest BCUT2D eigenvalue weighted by atomic mass is 9.49. The summed E-state index contributed by atoms with van der Waals surface area (Å²) >= 11 is 6.79. The molecule has 1 aromatic rings. The molecule has 0 saturated heterocycles. The highest BCUT2D eigenvalue weighted by atomic mass is 35.5. The maximum absolute atomic E-state index is 13.3. The predicted molar refractivity (Wildman–Crippen MR) is 102 cm³/mol. The lowest BCUT2D eigenvalue weighted by Gasteiger charge is -2.59. The average molecular weight is 393 g/mol. The predicted octanol–water partition coefficient (Wildman–Crippen LogP) is 3.48. The monoisotopic (exact) mass is 392 g/mol. The fraction of sp³-hybridized carbons (Fsp3) is 0.619. The molecule has 4 fully saturated rings. The molecule has 2 unspecified atom stereocenters. The summed E-state index contributed by atoms with van der Waals surface area (Å²) in [4.78, 5) is 26.7. The maximum atomic E-state index is 13.3. The van der Waals surface area contributed by atoms with E-state index < -0.39 is 5.41 Å². The zero-order chi connectivity index (χ0) is 19.2. The van der Waals surface area contributed by atoms with Gasteiger partial charge < -0.3 is 10.2 Å². The van der Waals surface area contributed by atoms with Crippen LogP contribution in [0.5, 0.6) is 0 Å². The Bertz CT molecular complexity index is 754. The number of nitrogens with one attached hydrogen (secondary N) is 1. The third-order valence-corrected chi connectivity index (χ3v) is 7.05. The van der Waals surface area contributed by atoms with Crippen molar-refractivity contribution in [3.8, 4) is 0 Å². The van der Waals surface area contributed by atoms with Crippen LogP contribution in [0.15, 0.2) is 24.3 Å². The summed E-state index contributed by atoms with van der Waals surface area (Å²) in [6.45, 7) is 0.281. The number of likely N-dealkylation sites (N-methyl/N-ethyl adjacent to an activating group) is 1. The Labute approximate surface area is 164 Å². The minimum Gasteiger partial charge on any atom is -0.347 e. The maximum Gasteiger partial charge on any atom is 0.242 e. The number of benzene rings is 1. The topological polar surface area (TPSA) is 49.4 Å². The van der Waals surface area contributed by atoms with Gasteiger partial charge in [-0.2, -0.15) is 0 Å². The van der Waals surface area contributed by atoms with E-state index in [4.69, 9.17) is 11.6 Å². The molecule has 4 nitrogen and oxygen atoms in total. The molecule has 2 atom stereocenters. The zero-order valence-electron chi connectivity index (χ0n) is 15.6. The van der Waals surface area contributed by atoms with Crippen LogP contribution in [0.25, 0.3) is 0 Å². The first-order valence-corrected chi connectivity index (χ1v) is 10.1. The lowest BCUT2D eigenvalue weighted by Crippen LogP contribution is -2.59. The highest BCUT2D eigenvalue weighted by Crippen LogP contribution is 2.63. The molecule has 6 heteroatoms. The smallest absolute Gasteiger partial charge is 0.242 e. The summed E-state index contributed by atoms with van der Waals surface area (Å²) < 4.78 is 13.3. The number of carbonyl (C=O) groups excluding carboxylic acids is 2. The van der Waals surface area contributed by atoms with Gasteiger partial charge in [-0.25, -0.2) is 4.39 Å². The van der Waals surface area contributed by atoms with Crippen molar-refractivity contribution in [1.82, 2.24) is 10.2 Å². The number of nitrogens with zero attached hydrogens (tertiary/aromatic N) is 1. The van der Waals surface area contributed by atoms with Crippen LogP contribution in [-0.4, -0.2) is 35.2 Å². The molecule has 0 spiro atoms. The van der Waals surface area contributed by atoms with E-state index in [1.165, 1.54) is 23.5 Å². The molecule has 4 aliphatic rings. The van der Waals surface area contributed by atoms with E-state index in [0.717, 1.165) is 37.7 Å². The molecule has 1 N–H and O–H groups in total.